The fourth-order valence-electron chi connectivity index (χ4n) is 9.15. The van der Waals surface area contributed by atoms with Crippen LogP contribution in [0.25, 0.3) is 0 Å². The van der Waals surface area contributed by atoms with E-state index in [1.165, 1.54) is 9.80 Å². The Hall–Kier alpha value is -5.63. The van der Waals surface area contributed by atoms with Crippen molar-refractivity contribution in [2.24, 2.45) is 29.1 Å². The summed E-state index contributed by atoms with van der Waals surface area (Å²) in [6.45, 7) is 5.48. The molecular formula is C42H36N2O6. The van der Waals surface area contributed by atoms with E-state index in [-0.39, 0.29) is 41.6 Å². The van der Waals surface area contributed by atoms with Crippen LogP contribution in [0.5, 0.6) is 5.75 Å². The number of para-hydroxylation sites is 1. The number of benzene rings is 4. The number of allylic oxidation sites excluding steroid dienone is 2. The largest absolute Gasteiger partial charge is 0.507 e. The average Bonchev–Trinajstić information content (AvgIpc) is 3.50. The van der Waals surface area contributed by atoms with E-state index in [1.54, 1.807) is 72.8 Å². The maximum atomic E-state index is 14.6. The minimum Gasteiger partial charge on any atom is -0.507 e. The molecule has 8 heteroatoms. The van der Waals surface area contributed by atoms with Gasteiger partial charge in [-0.15, -0.1) is 0 Å². The molecule has 4 aromatic carbocycles. The molecule has 2 aliphatic heterocycles. The van der Waals surface area contributed by atoms with Crippen molar-refractivity contribution < 1.29 is 29.1 Å². The van der Waals surface area contributed by atoms with Crippen molar-refractivity contribution in [2.45, 2.75) is 39.5 Å². The molecule has 2 heterocycles. The van der Waals surface area contributed by atoms with Crippen molar-refractivity contribution in [1.82, 2.24) is 0 Å². The lowest BCUT2D eigenvalue weighted by molar-refractivity contribution is -0.131. The van der Waals surface area contributed by atoms with Gasteiger partial charge in [0.25, 0.3) is 0 Å². The van der Waals surface area contributed by atoms with Gasteiger partial charge >= 0.3 is 0 Å². The van der Waals surface area contributed by atoms with E-state index in [2.05, 4.69) is 0 Å². The molecule has 4 amide bonds. The van der Waals surface area contributed by atoms with Crippen molar-refractivity contribution in [1.29, 1.82) is 0 Å². The SMILES string of the molecule is Cc1cc([C@H]2C3=CC[C@@H]4C(=O)N(c5ccc(C(=O)c6ccccc6)cc5)C(=O)[C@@H]4[C@@H]3C[C@H]3C(=O)N(c4ccccc4)C(=O)[C@@]23C)cc(C)c1O. The minimum absolute atomic E-state index is 0.157. The van der Waals surface area contributed by atoms with Crippen LogP contribution in [0.4, 0.5) is 11.4 Å². The molecule has 6 atom stereocenters. The quantitative estimate of drug-likeness (QED) is 0.145. The van der Waals surface area contributed by atoms with Gasteiger partial charge in [0.2, 0.25) is 23.6 Å². The van der Waals surface area contributed by atoms with E-state index < -0.39 is 35.0 Å². The van der Waals surface area contributed by atoms with Crippen LogP contribution in [0.2, 0.25) is 0 Å². The molecule has 2 saturated heterocycles. The zero-order valence-corrected chi connectivity index (χ0v) is 28.0. The summed E-state index contributed by atoms with van der Waals surface area (Å²) < 4.78 is 0. The Labute approximate surface area is 290 Å². The summed E-state index contributed by atoms with van der Waals surface area (Å²) in [4.78, 5) is 73.0. The van der Waals surface area contributed by atoms with Gasteiger partial charge in [-0.1, -0.05) is 72.3 Å². The van der Waals surface area contributed by atoms with Crippen molar-refractivity contribution >= 4 is 40.8 Å². The fourth-order valence-corrected chi connectivity index (χ4v) is 9.15. The van der Waals surface area contributed by atoms with Crippen LogP contribution in [-0.2, 0) is 19.2 Å². The number of anilines is 2. The molecule has 4 aromatic rings. The van der Waals surface area contributed by atoms with Gasteiger partial charge in [-0.05, 0) is 92.6 Å². The predicted octanol–water partition coefficient (Wildman–Crippen LogP) is 6.68. The van der Waals surface area contributed by atoms with Gasteiger partial charge in [-0.25, -0.2) is 4.90 Å². The Kier molecular flexibility index (Phi) is 7.26. The first-order chi connectivity index (χ1) is 24.0. The number of fused-ring (bicyclic) bond motifs is 4. The number of nitrogens with zero attached hydrogens (tertiary/aromatic N) is 2. The van der Waals surface area contributed by atoms with Gasteiger partial charge in [-0.3, -0.25) is 28.9 Å². The molecule has 8 nitrogen and oxygen atoms in total. The van der Waals surface area contributed by atoms with E-state index in [9.17, 15) is 29.1 Å². The first-order valence-corrected chi connectivity index (χ1v) is 17.0. The van der Waals surface area contributed by atoms with Crippen molar-refractivity contribution in [3.8, 4) is 5.75 Å². The zero-order valence-electron chi connectivity index (χ0n) is 28.0. The van der Waals surface area contributed by atoms with E-state index in [0.717, 1.165) is 11.1 Å². The zero-order chi connectivity index (χ0) is 35.1. The summed E-state index contributed by atoms with van der Waals surface area (Å²) in [5.41, 5.74) is 3.71. The number of amides is 4. The highest BCUT2D eigenvalue weighted by molar-refractivity contribution is 6.25. The first-order valence-electron chi connectivity index (χ1n) is 17.0. The fraction of sp³-hybridized carbons (Fsp3) is 0.262. The maximum Gasteiger partial charge on any atom is 0.241 e. The standard InChI is InChI=1S/C42H36N2O6/c1-23-20-27(21-24(2)36(23)45)35-30-18-19-31-34(32(30)22-33-39(48)44(41(50)42(33,35)3)28-12-8-5-9-13-28)40(49)43(38(31)47)29-16-14-26(15-17-29)37(46)25-10-6-4-7-11-25/h4-18,20-21,31-35,45H,19,22H2,1-3H3/t31-,32+,33-,34-,35-,42+/m0/s1. The lowest BCUT2D eigenvalue weighted by Crippen LogP contribution is -2.49. The van der Waals surface area contributed by atoms with Gasteiger partial charge in [0.1, 0.15) is 5.75 Å². The van der Waals surface area contributed by atoms with E-state index in [1.807, 2.05) is 51.1 Å². The third kappa shape index (κ3) is 4.47. The third-order valence-electron chi connectivity index (χ3n) is 11.6. The number of carbonyl (C=O) groups is 5. The van der Waals surface area contributed by atoms with Crippen LogP contribution < -0.4 is 9.80 Å². The molecule has 0 bridgehead atoms. The number of imide groups is 2. The number of carbonyl (C=O) groups excluding carboxylic acids is 5. The molecule has 0 unspecified atom stereocenters. The summed E-state index contributed by atoms with van der Waals surface area (Å²) in [5.74, 6) is -4.33. The summed E-state index contributed by atoms with van der Waals surface area (Å²) >= 11 is 0. The number of phenols is 1. The Balaban J connectivity index is 1.19. The Morgan fingerprint density at radius 3 is 1.94 bits per heavy atom. The molecule has 4 aliphatic rings. The Bertz CT molecular complexity index is 2120. The third-order valence-corrected chi connectivity index (χ3v) is 11.6. The molecule has 1 N–H and O–H groups in total. The molecule has 8 rings (SSSR count). The average molecular weight is 665 g/mol. The summed E-state index contributed by atoms with van der Waals surface area (Å²) in [6.07, 6.45) is 2.59. The highest BCUT2D eigenvalue weighted by Crippen LogP contribution is 2.64. The van der Waals surface area contributed by atoms with Crippen LogP contribution in [0.1, 0.15) is 58.3 Å². The van der Waals surface area contributed by atoms with Gasteiger partial charge in [0.15, 0.2) is 5.78 Å². The number of rotatable bonds is 5. The molecule has 250 valence electrons. The second-order valence-corrected chi connectivity index (χ2v) is 14.3. The second-order valence-electron chi connectivity index (χ2n) is 14.3. The minimum atomic E-state index is -1.16. The van der Waals surface area contributed by atoms with Crippen molar-refractivity contribution in [2.75, 3.05) is 9.80 Å². The van der Waals surface area contributed by atoms with Crippen LogP contribution in [-0.4, -0.2) is 34.5 Å². The Morgan fingerprint density at radius 2 is 1.30 bits per heavy atom. The lowest BCUT2D eigenvalue weighted by Gasteiger charge is -2.49. The molecule has 1 saturated carbocycles. The summed E-state index contributed by atoms with van der Waals surface area (Å²) in [5, 5.41) is 10.7. The van der Waals surface area contributed by atoms with Crippen LogP contribution in [0.3, 0.4) is 0 Å². The van der Waals surface area contributed by atoms with E-state index >= 15 is 0 Å². The predicted molar refractivity (Wildman–Crippen MR) is 187 cm³/mol. The number of hydrogen-bond donors (Lipinski definition) is 1. The smallest absolute Gasteiger partial charge is 0.241 e. The van der Waals surface area contributed by atoms with E-state index in [0.29, 0.717) is 40.0 Å². The van der Waals surface area contributed by atoms with Gasteiger partial charge in [0.05, 0.1) is 34.5 Å². The molecule has 2 aliphatic carbocycles. The molecule has 50 heavy (non-hydrogen) atoms. The second kappa shape index (κ2) is 11.5. The molecule has 0 radical (unpaired) electrons. The summed E-state index contributed by atoms with van der Waals surface area (Å²) in [7, 11) is 0. The van der Waals surface area contributed by atoms with Crippen molar-refractivity contribution in [3.63, 3.8) is 0 Å². The van der Waals surface area contributed by atoms with Gasteiger partial charge in [0, 0.05) is 17.0 Å². The van der Waals surface area contributed by atoms with Crippen LogP contribution in [0, 0.1) is 42.9 Å². The summed E-state index contributed by atoms with van der Waals surface area (Å²) in [6, 6.07) is 28.1. The van der Waals surface area contributed by atoms with Gasteiger partial charge < -0.3 is 5.11 Å². The van der Waals surface area contributed by atoms with Crippen molar-refractivity contribution in [3.05, 3.63) is 137 Å². The number of hydrogen-bond acceptors (Lipinski definition) is 6. The first kappa shape index (κ1) is 31.6. The molecular weight excluding hydrogens is 628 g/mol. The molecule has 3 fully saturated rings. The lowest BCUT2D eigenvalue weighted by atomic mass is 9.51. The highest BCUT2D eigenvalue weighted by Gasteiger charge is 2.67. The Morgan fingerprint density at radius 1 is 0.720 bits per heavy atom. The van der Waals surface area contributed by atoms with Gasteiger partial charge in [-0.2, -0.15) is 0 Å². The van der Waals surface area contributed by atoms with Crippen LogP contribution in [0.15, 0.2) is 109 Å². The highest BCUT2D eigenvalue weighted by atomic mass is 16.3. The number of ketones is 1. The maximum absolute atomic E-state index is 14.6. The van der Waals surface area contributed by atoms with Crippen LogP contribution >= 0.6 is 0 Å². The number of aromatic hydroxyl groups is 1. The normalized spacial score (nSPS) is 27.2. The molecule has 0 aromatic heterocycles. The topological polar surface area (TPSA) is 112 Å². The van der Waals surface area contributed by atoms with E-state index in [4.69, 9.17) is 0 Å². The monoisotopic (exact) mass is 664 g/mol. The molecule has 0 spiro atoms. The number of phenolic OH excluding ortho intramolecular Hbond substituents is 1. The number of aryl methyl sites for hydroxylation is 2.